The standard InChI is InChI=1S/C18H16ClF3N4O4S/c1-2-31(28,29)24-12-7-25(8-12)17(27)14-15(19)26-6-11(10-3-4-30-9-10)5-13(16(26)23-14)18(20,21)22/h3-6,9,12,24H,2,7-8H2,1H3. The molecule has 4 rings (SSSR count). The van der Waals surface area contributed by atoms with Gasteiger partial charge < -0.3 is 9.32 Å². The van der Waals surface area contributed by atoms with Crippen LogP contribution in [0.15, 0.2) is 35.3 Å². The summed E-state index contributed by atoms with van der Waals surface area (Å²) in [5.74, 6) is -0.784. The molecule has 0 atom stereocenters. The Labute approximate surface area is 179 Å². The molecule has 4 heterocycles. The molecule has 1 aliphatic heterocycles. The van der Waals surface area contributed by atoms with Gasteiger partial charge in [0.2, 0.25) is 10.0 Å². The number of alkyl halides is 3. The molecule has 1 saturated heterocycles. The molecule has 1 fully saturated rings. The molecule has 31 heavy (non-hydrogen) atoms. The van der Waals surface area contributed by atoms with Gasteiger partial charge in [0.15, 0.2) is 11.3 Å². The first-order valence-electron chi connectivity index (χ1n) is 9.11. The number of fused-ring (bicyclic) bond motifs is 1. The van der Waals surface area contributed by atoms with E-state index in [1.165, 1.54) is 36.6 Å². The Hall–Kier alpha value is -2.57. The minimum atomic E-state index is -4.74. The van der Waals surface area contributed by atoms with Crippen LogP contribution in [-0.2, 0) is 16.2 Å². The fourth-order valence-electron chi connectivity index (χ4n) is 3.25. The molecule has 3 aromatic heterocycles. The average Bonchev–Trinajstić information content (AvgIpc) is 3.31. The van der Waals surface area contributed by atoms with Crippen molar-refractivity contribution in [2.75, 3.05) is 18.8 Å². The summed E-state index contributed by atoms with van der Waals surface area (Å²) in [6, 6.07) is 1.94. The van der Waals surface area contributed by atoms with Gasteiger partial charge in [-0.3, -0.25) is 9.20 Å². The van der Waals surface area contributed by atoms with Crippen LogP contribution in [0.4, 0.5) is 13.2 Å². The van der Waals surface area contributed by atoms with Crippen molar-refractivity contribution in [1.29, 1.82) is 0 Å². The third-order valence-corrected chi connectivity index (χ3v) is 6.73. The average molecular weight is 477 g/mol. The fraction of sp³-hybridized carbons (Fsp3) is 0.333. The second-order valence-electron chi connectivity index (χ2n) is 7.03. The zero-order valence-electron chi connectivity index (χ0n) is 16.0. The summed E-state index contributed by atoms with van der Waals surface area (Å²) in [7, 11) is -3.44. The van der Waals surface area contributed by atoms with Crippen LogP contribution in [0.5, 0.6) is 0 Å². The Morgan fingerprint density at radius 2 is 2.06 bits per heavy atom. The topological polar surface area (TPSA) is 96.9 Å². The van der Waals surface area contributed by atoms with Crippen molar-refractivity contribution < 1.29 is 30.8 Å². The Kier molecular flexibility index (Phi) is 5.26. The molecular weight excluding hydrogens is 461 g/mol. The van der Waals surface area contributed by atoms with Gasteiger partial charge in [0.25, 0.3) is 5.91 Å². The maximum atomic E-state index is 13.7. The van der Waals surface area contributed by atoms with Crippen molar-refractivity contribution in [3.8, 4) is 11.1 Å². The van der Waals surface area contributed by atoms with Crippen molar-refractivity contribution in [2.24, 2.45) is 0 Å². The number of halogens is 4. The van der Waals surface area contributed by atoms with E-state index in [0.29, 0.717) is 5.56 Å². The number of nitrogens with zero attached hydrogens (tertiary/aromatic N) is 3. The zero-order chi connectivity index (χ0) is 22.6. The maximum Gasteiger partial charge on any atom is 0.420 e. The monoisotopic (exact) mass is 476 g/mol. The van der Waals surface area contributed by atoms with Gasteiger partial charge in [0.05, 0.1) is 29.9 Å². The van der Waals surface area contributed by atoms with Gasteiger partial charge in [0.1, 0.15) is 5.15 Å². The summed E-state index contributed by atoms with van der Waals surface area (Å²) in [5.41, 5.74) is -1.31. The molecule has 0 saturated carbocycles. The number of imidazole rings is 1. The summed E-state index contributed by atoms with van der Waals surface area (Å²) in [6.07, 6.45) is -0.785. The van der Waals surface area contributed by atoms with Gasteiger partial charge in [-0.15, -0.1) is 0 Å². The molecule has 0 spiro atoms. The van der Waals surface area contributed by atoms with E-state index in [1.807, 2.05) is 0 Å². The van der Waals surface area contributed by atoms with Crippen molar-refractivity contribution in [2.45, 2.75) is 19.1 Å². The minimum Gasteiger partial charge on any atom is -0.472 e. The third-order valence-electron chi connectivity index (χ3n) is 4.92. The third kappa shape index (κ3) is 4.02. The van der Waals surface area contributed by atoms with Gasteiger partial charge >= 0.3 is 6.18 Å². The van der Waals surface area contributed by atoms with Crippen LogP contribution in [-0.4, -0.2) is 53.5 Å². The second-order valence-corrected chi connectivity index (χ2v) is 9.43. The molecule has 0 aromatic carbocycles. The van der Waals surface area contributed by atoms with Crippen LogP contribution in [0.3, 0.4) is 0 Å². The summed E-state index contributed by atoms with van der Waals surface area (Å²) < 4.78 is 72.7. The fourth-order valence-corrected chi connectivity index (χ4v) is 4.33. The van der Waals surface area contributed by atoms with Crippen LogP contribution in [0, 0.1) is 0 Å². The number of furan rings is 1. The van der Waals surface area contributed by atoms with Crippen molar-refractivity contribution in [3.05, 3.63) is 47.3 Å². The summed E-state index contributed by atoms with van der Waals surface area (Å²) in [6.45, 7) is 1.61. The number of amides is 1. The molecule has 0 bridgehead atoms. The highest BCUT2D eigenvalue weighted by molar-refractivity contribution is 7.89. The molecule has 0 radical (unpaired) electrons. The Bertz CT molecular complexity index is 1250. The lowest BCUT2D eigenvalue weighted by molar-refractivity contribution is -0.136. The number of hydrogen-bond donors (Lipinski definition) is 1. The highest BCUT2D eigenvalue weighted by Crippen LogP contribution is 2.37. The molecule has 0 aliphatic carbocycles. The van der Waals surface area contributed by atoms with Gasteiger partial charge in [-0.05, 0) is 19.1 Å². The van der Waals surface area contributed by atoms with Crippen LogP contribution in [0.2, 0.25) is 5.15 Å². The zero-order valence-corrected chi connectivity index (χ0v) is 17.6. The molecule has 0 unspecified atom stereocenters. The van der Waals surface area contributed by atoms with Crippen LogP contribution in [0.25, 0.3) is 16.8 Å². The Balaban J connectivity index is 1.69. The number of sulfonamides is 1. The second kappa shape index (κ2) is 7.53. The molecule has 8 nitrogen and oxygen atoms in total. The van der Waals surface area contributed by atoms with E-state index in [4.69, 9.17) is 16.0 Å². The number of aromatic nitrogens is 2. The van der Waals surface area contributed by atoms with Gasteiger partial charge in [-0.1, -0.05) is 11.6 Å². The lowest BCUT2D eigenvalue weighted by Gasteiger charge is -2.38. The largest absolute Gasteiger partial charge is 0.472 e. The van der Waals surface area contributed by atoms with Crippen molar-refractivity contribution in [3.63, 3.8) is 0 Å². The van der Waals surface area contributed by atoms with Gasteiger partial charge in [-0.25, -0.2) is 18.1 Å². The molecule has 1 amide bonds. The Morgan fingerprint density at radius 1 is 1.35 bits per heavy atom. The van der Waals surface area contributed by atoms with E-state index in [1.54, 1.807) is 0 Å². The number of hydrogen-bond acceptors (Lipinski definition) is 5. The lowest BCUT2D eigenvalue weighted by Crippen LogP contribution is -2.61. The van der Waals surface area contributed by atoms with E-state index in [9.17, 15) is 26.4 Å². The number of likely N-dealkylation sites (tertiary alicyclic amines) is 1. The van der Waals surface area contributed by atoms with Gasteiger partial charge in [-0.2, -0.15) is 13.2 Å². The predicted octanol–water partition coefficient (Wildman–Crippen LogP) is 3.03. The number of pyridine rings is 1. The number of rotatable bonds is 5. The van der Waals surface area contributed by atoms with E-state index < -0.39 is 39.4 Å². The Morgan fingerprint density at radius 3 is 2.65 bits per heavy atom. The minimum absolute atomic E-state index is 0.0641. The smallest absolute Gasteiger partial charge is 0.420 e. The molecule has 3 aromatic rings. The highest BCUT2D eigenvalue weighted by atomic mass is 35.5. The SMILES string of the molecule is CCS(=O)(=O)NC1CN(C(=O)c2nc3c(C(F)(F)F)cc(-c4ccoc4)cn3c2Cl)C1. The van der Waals surface area contributed by atoms with Crippen molar-refractivity contribution in [1.82, 2.24) is 19.0 Å². The van der Waals surface area contributed by atoms with Crippen LogP contribution in [0.1, 0.15) is 23.0 Å². The van der Waals surface area contributed by atoms with E-state index in [2.05, 4.69) is 9.71 Å². The molecule has 13 heteroatoms. The van der Waals surface area contributed by atoms with Crippen LogP contribution < -0.4 is 4.72 Å². The van der Waals surface area contributed by atoms with Gasteiger partial charge in [0, 0.05) is 30.4 Å². The lowest BCUT2D eigenvalue weighted by atomic mass is 10.1. The molecule has 166 valence electrons. The number of carbonyl (C=O) groups excluding carboxylic acids is 1. The first kappa shape index (κ1) is 21.7. The maximum absolute atomic E-state index is 13.7. The first-order valence-corrected chi connectivity index (χ1v) is 11.1. The predicted molar refractivity (Wildman–Crippen MR) is 105 cm³/mol. The normalized spacial score (nSPS) is 15.5. The highest BCUT2D eigenvalue weighted by Gasteiger charge is 2.39. The number of carbonyl (C=O) groups is 1. The van der Waals surface area contributed by atoms with E-state index >= 15 is 0 Å². The number of nitrogens with one attached hydrogen (secondary N) is 1. The summed E-state index contributed by atoms with van der Waals surface area (Å²) in [4.78, 5) is 17.9. The van der Waals surface area contributed by atoms with E-state index in [-0.39, 0.29) is 35.3 Å². The molecule has 1 N–H and O–H groups in total. The quantitative estimate of drug-likeness (QED) is 0.610. The molecular formula is C18H16ClF3N4O4S. The van der Waals surface area contributed by atoms with Crippen LogP contribution >= 0.6 is 11.6 Å². The van der Waals surface area contributed by atoms with Crippen molar-refractivity contribution >= 4 is 33.2 Å². The van der Waals surface area contributed by atoms with E-state index in [0.717, 1.165) is 10.5 Å². The molecule has 1 aliphatic rings. The summed E-state index contributed by atoms with van der Waals surface area (Å²) >= 11 is 6.25. The summed E-state index contributed by atoms with van der Waals surface area (Å²) in [5, 5.41) is -0.270. The first-order chi connectivity index (χ1) is 14.5.